The molecular formula is C24H31N2O5P. The van der Waals surface area contributed by atoms with Crippen molar-refractivity contribution in [3.63, 3.8) is 0 Å². The highest BCUT2D eigenvalue weighted by Crippen LogP contribution is 2.34. The minimum Gasteiger partial charge on any atom is -0.480 e. The fourth-order valence-corrected chi connectivity index (χ4v) is 5.19. The second-order valence-corrected chi connectivity index (χ2v) is 9.62. The van der Waals surface area contributed by atoms with E-state index in [1.54, 1.807) is 6.92 Å². The van der Waals surface area contributed by atoms with Crippen LogP contribution in [0.3, 0.4) is 0 Å². The van der Waals surface area contributed by atoms with E-state index < -0.39 is 37.8 Å². The molecule has 2 unspecified atom stereocenters. The number of likely N-dealkylation sites (tertiary alicyclic amines) is 1. The van der Waals surface area contributed by atoms with Crippen molar-refractivity contribution < 1.29 is 23.8 Å². The van der Waals surface area contributed by atoms with E-state index in [4.69, 9.17) is 4.52 Å². The second-order valence-electron chi connectivity index (χ2n) is 8.05. The van der Waals surface area contributed by atoms with Crippen LogP contribution in [0, 0.1) is 0 Å². The fraction of sp³-hybridized carbons (Fsp3) is 0.417. The lowest BCUT2D eigenvalue weighted by Crippen LogP contribution is -2.45. The van der Waals surface area contributed by atoms with Gasteiger partial charge < -0.3 is 19.8 Å². The molecule has 1 aliphatic heterocycles. The van der Waals surface area contributed by atoms with Gasteiger partial charge in [0.25, 0.3) is 5.91 Å². The molecule has 0 aliphatic carbocycles. The lowest BCUT2D eigenvalue weighted by molar-refractivity contribution is -0.150. The van der Waals surface area contributed by atoms with Crippen LogP contribution in [0.2, 0.25) is 0 Å². The third kappa shape index (κ3) is 6.76. The largest absolute Gasteiger partial charge is 0.480 e. The van der Waals surface area contributed by atoms with Crippen LogP contribution in [0.5, 0.6) is 0 Å². The molecule has 3 rings (SSSR count). The molecule has 1 saturated heterocycles. The van der Waals surface area contributed by atoms with Crippen molar-refractivity contribution in [1.82, 2.24) is 10.2 Å². The van der Waals surface area contributed by atoms with Crippen molar-refractivity contribution in [2.75, 3.05) is 6.54 Å². The molecular weight excluding hydrogens is 427 g/mol. The Balaban J connectivity index is 1.63. The van der Waals surface area contributed by atoms with Crippen LogP contribution in [-0.2, 0) is 31.6 Å². The van der Waals surface area contributed by atoms with Crippen LogP contribution >= 0.6 is 8.03 Å². The van der Waals surface area contributed by atoms with Gasteiger partial charge in [-0.15, -0.1) is 0 Å². The van der Waals surface area contributed by atoms with Gasteiger partial charge in [0.1, 0.15) is 12.1 Å². The minimum atomic E-state index is -2.63. The summed E-state index contributed by atoms with van der Waals surface area (Å²) in [4.78, 5) is 25.5. The van der Waals surface area contributed by atoms with Crippen LogP contribution < -0.4 is 5.32 Å². The number of carboxylic acids is 1. The predicted octanol–water partition coefficient (Wildman–Crippen LogP) is 3.69. The first-order chi connectivity index (χ1) is 15.5. The first-order valence-corrected chi connectivity index (χ1v) is 12.4. The molecule has 0 aromatic heterocycles. The first kappa shape index (κ1) is 24.2. The molecule has 0 radical (unpaired) electrons. The zero-order valence-corrected chi connectivity index (χ0v) is 19.3. The third-order valence-electron chi connectivity index (χ3n) is 5.71. The van der Waals surface area contributed by atoms with Gasteiger partial charge >= 0.3 is 5.97 Å². The highest BCUT2D eigenvalue weighted by molar-refractivity contribution is 7.40. The lowest BCUT2D eigenvalue weighted by Gasteiger charge is -2.26. The number of benzene rings is 2. The standard InChI is InChI=1S/C24H31N2O5P/c1-18(23(27)26-16-8-13-21(26)24(28)29)31-32(30)22(15-14-19-9-4-2-5-10-19)25-17-20-11-6-3-7-12-20/h2-7,9-12,18,21-22,25,32H,8,13-17H2,1H3,(H,28,29)/t18?,21-,22-/m0/s1. The van der Waals surface area contributed by atoms with Gasteiger partial charge in [0.2, 0.25) is 8.03 Å². The minimum absolute atomic E-state index is 0.383. The summed E-state index contributed by atoms with van der Waals surface area (Å²) in [5, 5.41) is 12.7. The van der Waals surface area contributed by atoms with Crippen molar-refractivity contribution in [3.8, 4) is 0 Å². The van der Waals surface area contributed by atoms with E-state index in [1.165, 1.54) is 4.90 Å². The molecule has 7 nitrogen and oxygen atoms in total. The van der Waals surface area contributed by atoms with Crippen molar-refractivity contribution in [2.45, 2.75) is 57.1 Å². The average Bonchev–Trinajstić information content (AvgIpc) is 3.30. The molecule has 2 aromatic carbocycles. The zero-order valence-electron chi connectivity index (χ0n) is 18.3. The molecule has 4 atom stereocenters. The van der Waals surface area contributed by atoms with E-state index in [-0.39, 0.29) is 0 Å². The van der Waals surface area contributed by atoms with E-state index in [0.717, 1.165) is 17.5 Å². The van der Waals surface area contributed by atoms with E-state index >= 15 is 0 Å². The molecule has 32 heavy (non-hydrogen) atoms. The number of nitrogens with one attached hydrogen (secondary N) is 1. The predicted molar refractivity (Wildman–Crippen MR) is 124 cm³/mol. The van der Waals surface area contributed by atoms with Crippen LogP contribution in [-0.4, -0.2) is 46.4 Å². The number of hydrogen-bond acceptors (Lipinski definition) is 5. The molecule has 0 spiro atoms. The Morgan fingerprint density at radius 2 is 1.75 bits per heavy atom. The molecule has 1 fully saturated rings. The van der Waals surface area contributed by atoms with Crippen molar-refractivity contribution in [2.24, 2.45) is 0 Å². The van der Waals surface area contributed by atoms with Gasteiger partial charge in [-0.05, 0) is 43.7 Å². The molecule has 1 heterocycles. The Morgan fingerprint density at radius 1 is 1.12 bits per heavy atom. The molecule has 0 saturated carbocycles. The second kappa shape index (κ2) is 12.0. The maximum Gasteiger partial charge on any atom is 0.326 e. The lowest BCUT2D eigenvalue weighted by atomic mass is 10.1. The number of carbonyl (C=O) groups excluding carboxylic acids is 1. The fourth-order valence-electron chi connectivity index (χ4n) is 3.92. The normalized spacial score (nSPS) is 18.8. The summed E-state index contributed by atoms with van der Waals surface area (Å²) >= 11 is 0. The summed E-state index contributed by atoms with van der Waals surface area (Å²) in [5.74, 6) is -1.84. The van der Waals surface area contributed by atoms with Gasteiger partial charge in [-0.1, -0.05) is 60.7 Å². The van der Waals surface area contributed by atoms with Crippen LogP contribution in [0.25, 0.3) is 0 Å². The van der Waals surface area contributed by atoms with Crippen LogP contribution in [0.4, 0.5) is 0 Å². The van der Waals surface area contributed by atoms with E-state index in [2.05, 4.69) is 5.32 Å². The number of aliphatic carboxylic acids is 1. The van der Waals surface area contributed by atoms with E-state index in [0.29, 0.717) is 32.4 Å². The number of hydrogen-bond donors (Lipinski definition) is 2. The molecule has 8 heteroatoms. The number of amides is 1. The third-order valence-corrected chi connectivity index (χ3v) is 7.35. The van der Waals surface area contributed by atoms with Crippen LogP contribution in [0.1, 0.15) is 37.3 Å². The smallest absolute Gasteiger partial charge is 0.326 e. The Labute approximate surface area is 189 Å². The Bertz CT molecular complexity index is 866. The number of aryl methyl sites for hydroxylation is 1. The highest BCUT2D eigenvalue weighted by atomic mass is 31.1. The molecule has 172 valence electrons. The highest BCUT2D eigenvalue weighted by Gasteiger charge is 2.37. The number of carbonyl (C=O) groups is 2. The Morgan fingerprint density at radius 3 is 2.38 bits per heavy atom. The zero-order chi connectivity index (χ0) is 22.9. The Hall–Kier alpha value is -2.47. The van der Waals surface area contributed by atoms with Gasteiger partial charge in [0.15, 0.2) is 0 Å². The van der Waals surface area contributed by atoms with Gasteiger partial charge in [-0.25, -0.2) is 4.79 Å². The number of rotatable bonds is 11. The quantitative estimate of drug-likeness (QED) is 0.499. The summed E-state index contributed by atoms with van der Waals surface area (Å²) in [5.41, 5.74) is 2.21. The van der Waals surface area contributed by atoms with Gasteiger partial charge in [-0.2, -0.15) is 0 Å². The number of carboxylic acid groups (broad SMARTS) is 1. The van der Waals surface area contributed by atoms with Crippen molar-refractivity contribution in [1.29, 1.82) is 0 Å². The SMILES string of the molecule is CC(O[PH](=O)[C@@H](CCc1ccccc1)NCc1ccccc1)C(=O)N1CCC[C@H]1C(=O)O. The molecule has 1 aliphatic rings. The van der Waals surface area contributed by atoms with Crippen LogP contribution in [0.15, 0.2) is 60.7 Å². The summed E-state index contributed by atoms with van der Waals surface area (Å²) in [6.07, 6.45) is 1.43. The van der Waals surface area contributed by atoms with E-state index in [1.807, 2.05) is 60.7 Å². The molecule has 0 bridgehead atoms. The summed E-state index contributed by atoms with van der Waals surface area (Å²) in [6, 6.07) is 18.9. The van der Waals surface area contributed by atoms with Gasteiger partial charge in [0, 0.05) is 13.1 Å². The molecule has 1 amide bonds. The molecule has 2 aromatic rings. The Kier molecular flexibility index (Phi) is 9.03. The van der Waals surface area contributed by atoms with Crippen molar-refractivity contribution >= 4 is 19.9 Å². The maximum atomic E-state index is 13.1. The topological polar surface area (TPSA) is 95.9 Å². The first-order valence-electron chi connectivity index (χ1n) is 11.0. The summed E-state index contributed by atoms with van der Waals surface area (Å²) in [7, 11) is -2.63. The van der Waals surface area contributed by atoms with Crippen molar-refractivity contribution in [3.05, 3.63) is 71.8 Å². The monoisotopic (exact) mass is 458 g/mol. The van der Waals surface area contributed by atoms with Gasteiger partial charge in [-0.3, -0.25) is 9.36 Å². The summed E-state index contributed by atoms with van der Waals surface area (Å²) in [6.45, 7) is 2.47. The van der Waals surface area contributed by atoms with Gasteiger partial charge in [0.05, 0.1) is 5.78 Å². The average molecular weight is 458 g/mol. The summed E-state index contributed by atoms with van der Waals surface area (Å²) < 4.78 is 18.8. The van der Waals surface area contributed by atoms with E-state index in [9.17, 15) is 19.3 Å². The maximum absolute atomic E-state index is 13.1. The molecule has 2 N–H and O–H groups in total. The number of nitrogens with zero attached hydrogens (tertiary/aromatic N) is 1.